The Balaban J connectivity index is 2.16. The van der Waals surface area contributed by atoms with E-state index in [4.69, 9.17) is 0 Å². The standard InChI is InChI=1S/C13H17N5O2S/c1-3-6-14-12-5-4-11(18(19)20)7-10(12)8-21-13-15-9(2)16-17-13/h4-5,7,14H,3,6,8H2,1-2H3,(H,15,16,17). The molecule has 1 heterocycles. The van der Waals surface area contributed by atoms with Crippen molar-refractivity contribution in [2.24, 2.45) is 0 Å². The van der Waals surface area contributed by atoms with Crippen LogP contribution >= 0.6 is 11.8 Å². The number of aromatic nitrogens is 3. The average molecular weight is 307 g/mol. The number of rotatable bonds is 7. The summed E-state index contributed by atoms with van der Waals surface area (Å²) in [6, 6.07) is 4.88. The van der Waals surface area contributed by atoms with Crippen LogP contribution in [0.5, 0.6) is 0 Å². The van der Waals surface area contributed by atoms with E-state index in [-0.39, 0.29) is 10.6 Å². The first-order valence-electron chi connectivity index (χ1n) is 6.63. The molecule has 0 radical (unpaired) electrons. The molecule has 0 aliphatic rings. The Kier molecular flexibility index (Phi) is 5.15. The molecule has 0 atom stereocenters. The highest BCUT2D eigenvalue weighted by Gasteiger charge is 2.12. The van der Waals surface area contributed by atoms with E-state index in [1.165, 1.54) is 17.8 Å². The van der Waals surface area contributed by atoms with Crippen molar-refractivity contribution in [1.82, 2.24) is 15.2 Å². The van der Waals surface area contributed by atoms with Crippen molar-refractivity contribution in [1.29, 1.82) is 0 Å². The van der Waals surface area contributed by atoms with Gasteiger partial charge in [-0.05, 0) is 25.0 Å². The predicted molar refractivity (Wildman–Crippen MR) is 82.6 cm³/mol. The molecule has 7 nitrogen and oxygen atoms in total. The summed E-state index contributed by atoms with van der Waals surface area (Å²) in [5.41, 5.74) is 1.89. The molecule has 0 saturated carbocycles. The van der Waals surface area contributed by atoms with Crippen LogP contribution in [0, 0.1) is 17.0 Å². The second kappa shape index (κ2) is 7.07. The van der Waals surface area contributed by atoms with Crippen LogP contribution in [0.2, 0.25) is 0 Å². The van der Waals surface area contributed by atoms with Gasteiger partial charge in [0, 0.05) is 30.1 Å². The molecule has 0 unspecified atom stereocenters. The number of thioether (sulfide) groups is 1. The summed E-state index contributed by atoms with van der Waals surface area (Å²) in [5.74, 6) is 1.33. The van der Waals surface area contributed by atoms with Crippen molar-refractivity contribution in [3.05, 3.63) is 39.7 Å². The molecule has 2 N–H and O–H groups in total. The van der Waals surface area contributed by atoms with Gasteiger partial charge in [0.15, 0.2) is 0 Å². The van der Waals surface area contributed by atoms with Crippen molar-refractivity contribution in [3.63, 3.8) is 0 Å². The molecule has 0 aliphatic heterocycles. The van der Waals surface area contributed by atoms with Gasteiger partial charge < -0.3 is 5.32 Å². The minimum atomic E-state index is -0.380. The summed E-state index contributed by atoms with van der Waals surface area (Å²) >= 11 is 1.45. The summed E-state index contributed by atoms with van der Waals surface area (Å²) < 4.78 is 0. The van der Waals surface area contributed by atoms with E-state index in [0.29, 0.717) is 10.9 Å². The molecule has 0 amide bonds. The monoisotopic (exact) mass is 307 g/mol. The van der Waals surface area contributed by atoms with Gasteiger partial charge in [0.05, 0.1) is 4.92 Å². The lowest BCUT2D eigenvalue weighted by molar-refractivity contribution is -0.384. The Labute approximate surface area is 126 Å². The molecule has 21 heavy (non-hydrogen) atoms. The topological polar surface area (TPSA) is 96.7 Å². The van der Waals surface area contributed by atoms with Crippen molar-refractivity contribution in [2.75, 3.05) is 11.9 Å². The van der Waals surface area contributed by atoms with E-state index in [0.717, 1.165) is 30.0 Å². The summed E-state index contributed by atoms with van der Waals surface area (Å²) in [5, 5.41) is 21.7. The first-order chi connectivity index (χ1) is 10.1. The van der Waals surface area contributed by atoms with Crippen molar-refractivity contribution in [3.8, 4) is 0 Å². The van der Waals surface area contributed by atoms with E-state index < -0.39 is 0 Å². The fourth-order valence-corrected chi connectivity index (χ4v) is 2.61. The van der Waals surface area contributed by atoms with Crippen molar-refractivity contribution >= 4 is 23.1 Å². The van der Waals surface area contributed by atoms with Gasteiger partial charge in [-0.3, -0.25) is 15.2 Å². The third-order valence-corrected chi connectivity index (χ3v) is 3.69. The Bertz CT molecular complexity index is 629. The lowest BCUT2D eigenvalue weighted by Crippen LogP contribution is -2.03. The number of nitrogens with one attached hydrogen (secondary N) is 2. The van der Waals surface area contributed by atoms with Crippen LogP contribution < -0.4 is 5.32 Å². The van der Waals surface area contributed by atoms with Crippen LogP contribution in [0.25, 0.3) is 0 Å². The second-order valence-corrected chi connectivity index (χ2v) is 5.46. The molecule has 0 spiro atoms. The lowest BCUT2D eigenvalue weighted by atomic mass is 10.1. The predicted octanol–water partition coefficient (Wildman–Crippen LogP) is 3.14. The van der Waals surface area contributed by atoms with Gasteiger partial charge in [-0.25, -0.2) is 4.98 Å². The highest BCUT2D eigenvalue weighted by Crippen LogP contribution is 2.28. The van der Waals surface area contributed by atoms with Crippen molar-refractivity contribution in [2.45, 2.75) is 31.2 Å². The van der Waals surface area contributed by atoms with Gasteiger partial charge in [0.25, 0.3) is 5.69 Å². The molecule has 2 aromatic rings. The van der Waals surface area contributed by atoms with Crippen LogP contribution in [-0.4, -0.2) is 26.6 Å². The SMILES string of the molecule is CCCNc1ccc([N+](=O)[O-])cc1CSc1n[nH]c(C)n1. The summed E-state index contributed by atoms with van der Waals surface area (Å²) in [6.45, 7) is 4.73. The zero-order valence-corrected chi connectivity index (χ0v) is 12.7. The van der Waals surface area contributed by atoms with Gasteiger partial charge in [-0.2, -0.15) is 0 Å². The quantitative estimate of drug-likeness (QED) is 0.463. The maximum Gasteiger partial charge on any atom is 0.269 e. The van der Waals surface area contributed by atoms with Crippen LogP contribution in [0.15, 0.2) is 23.4 Å². The Morgan fingerprint density at radius 2 is 2.29 bits per heavy atom. The van der Waals surface area contributed by atoms with Gasteiger partial charge in [-0.15, -0.1) is 5.10 Å². The molecular weight excluding hydrogens is 290 g/mol. The van der Waals surface area contributed by atoms with E-state index in [1.807, 2.05) is 6.92 Å². The maximum atomic E-state index is 10.9. The fourth-order valence-electron chi connectivity index (χ4n) is 1.77. The third-order valence-electron chi connectivity index (χ3n) is 2.80. The Hall–Kier alpha value is -2.09. The molecule has 2 rings (SSSR count). The third kappa shape index (κ3) is 4.19. The minimum absolute atomic E-state index is 0.0961. The number of H-pyrrole nitrogens is 1. The maximum absolute atomic E-state index is 10.9. The second-order valence-electron chi connectivity index (χ2n) is 4.52. The molecule has 0 aliphatic carbocycles. The average Bonchev–Trinajstić information content (AvgIpc) is 2.88. The van der Waals surface area contributed by atoms with E-state index in [1.54, 1.807) is 12.1 Å². The number of anilines is 1. The molecule has 1 aromatic heterocycles. The number of nitrogens with zero attached hydrogens (tertiary/aromatic N) is 3. The molecule has 0 bridgehead atoms. The smallest absolute Gasteiger partial charge is 0.269 e. The molecule has 0 fully saturated rings. The zero-order chi connectivity index (χ0) is 15.2. The van der Waals surface area contributed by atoms with E-state index in [2.05, 4.69) is 27.4 Å². The Morgan fingerprint density at radius 3 is 2.90 bits per heavy atom. The number of aryl methyl sites for hydroxylation is 1. The van der Waals surface area contributed by atoms with E-state index in [9.17, 15) is 10.1 Å². The summed E-state index contributed by atoms with van der Waals surface area (Å²) in [6.07, 6.45) is 0.990. The Morgan fingerprint density at radius 1 is 1.48 bits per heavy atom. The number of non-ortho nitro benzene ring substituents is 1. The van der Waals surface area contributed by atoms with Gasteiger partial charge in [0.1, 0.15) is 5.82 Å². The van der Waals surface area contributed by atoms with Gasteiger partial charge in [0.2, 0.25) is 5.16 Å². The van der Waals surface area contributed by atoms with Crippen LogP contribution in [0.3, 0.4) is 0 Å². The van der Waals surface area contributed by atoms with Crippen LogP contribution in [0.4, 0.5) is 11.4 Å². The number of benzene rings is 1. The normalized spacial score (nSPS) is 10.6. The highest BCUT2D eigenvalue weighted by atomic mass is 32.2. The molecule has 8 heteroatoms. The van der Waals surface area contributed by atoms with Gasteiger partial charge >= 0.3 is 0 Å². The summed E-state index contributed by atoms with van der Waals surface area (Å²) in [7, 11) is 0. The molecular formula is C13H17N5O2S. The largest absolute Gasteiger partial charge is 0.385 e. The van der Waals surface area contributed by atoms with Gasteiger partial charge in [-0.1, -0.05) is 18.7 Å². The van der Waals surface area contributed by atoms with Crippen LogP contribution in [0.1, 0.15) is 24.7 Å². The fraction of sp³-hybridized carbons (Fsp3) is 0.385. The van der Waals surface area contributed by atoms with E-state index >= 15 is 0 Å². The minimum Gasteiger partial charge on any atom is -0.385 e. The first-order valence-corrected chi connectivity index (χ1v) is 7.61. The first kappa shape index (κ1) is 15.3. The van der Waals surface area contributed by atoms with Crippen molar-refractivity contribution < 1.29 is 4.92 Å². The summed E-state index contributed by atoms with van der Waals surface area (Å²) in [4.78, 5) is 14.7. The number of nitro groups is 1. The van der Waals surface area contributed by atoms with Crippen LogP contribution in [-0.2, 0) is 5.75 Å². The molecule has 1 aromatic carbocycles. The zero-order valence-electron chi connectivity index (χ0n) is 11.9. The molecule has 112 valence electrons. The number of hydrogen-bond donors (Lipinski definition) is 2. The number of nitro benzene ring substituents is 1. The molecule has 0 saturated heterocycles. The number of aromatic amines is 1. The highest BCUT2D eigenvalue weighted by molar-refractivity contribution is 7.98. The number of hydrogen-bond acceptors (Lipinski definition) is 6. The lowest BCUT2D eigenvalue weighted by Gasteiger charge is -2.10.